The van der Waals surface area contributed by atoms with E-state index in [0.717, 1.165) is 44.1 Å². The van der Waals surface area contributed by atoms with Gasteiger partial charge in [-0.3, -0.25) is 4.79 Å². The maximum atomic E-state index is 12.1. The van der Waals surface area contributed by atoms with Crippen LogP contribution in [0.4, 0.5) is 0 Å². The topological polar surface area (TPSA) is 77.8 Å². The standard InChI is InChI=1S/C20H30O4/c1-11-12-9-13(21)15-18(2)6-4-7-19(3,17(23)24)14(18)5-8-20(15,10-12)16(11)22/h12-16,21-22H,1,4-10H2,2-3H3,(H,23,24)/t12?,13-,14-,15-,16?,18+,19+,20+/m0/s1. The molecule has 0 saturated heterocycles. The monoisotopic (exact) mass is 334 g/mol. The second-order valence-electron chi connectivity index (χ2n) is 9.57. The van der Waals surface area contributed by atoms with E-state index in [2.05, 4.69) is 13.5 Å². The summed E-state index contributed by atoms with van der Waals surface area (Å²) >= 11 is 0. The Labute approximate surface area is 144 Å². The van der Waals surface area contributed by atoms with E-state index < -0.39 is 23.6 Å². The molecule has 4 aliphatic rings. The first-order valence-electron chi connectivity index (χ1n) is 9.45. The Balaban J connectivity index is 1.82. The van der Waals surface area contributed by atoms with Crippen LogP contribution in [-0.2, 0) is 4.79 Å². The quantitative estimate of drug-likeness (QED) is 0.644. The number of fused-ring (bicyclic) bond motifs is 3. The van der Waals surface area contributed by atoms with Crippen molar-refractivity contribution in [2.45, 2.75) is 71.0 Å². The number of hydrogen-bond acceptors (Lipinski definition) is 3. The van der Waals surface area contributed by atoms with Crippen molar-refractivity contribution in [3.8, 4) is 0 Å². The number of aliphatic hydroxyl groups is 2. The molecule has 3 N–H and O–H groups in total. The van der Waals surface area contributed by atoms with Crippen molar-refractivity contribution in [2.24, 2.45) is 34.0 Å². The largest absolute Gasteiger partial charge is 0.481 e. The van der Waals surface area contributed by atoms with Crippen LogP contribution in [0.1, 0.15) is 58.8 Å². The van der Waals surface area contributed by atoms with Gasteiger partial charge in [0.25, 0.3) is 0 Å². The van der Waals surface area contributed by atoms with Gasteiger partial charge in [-0.15, -0.1) is 0 Å². The first-order chi connectivity index (χ1) is 11.2. The van der Waals surface area contributed by atoms with Crippen molar-refractivity contribution in [3.05, 3.63) is 12.2 Å². The van der Waals surface area contributed by atoms with Crippen LogP contribution in [0, 0.1) is 34.0 Å². The van der Waals surface area contributed by atoms with Crippen molar-refractivity contribution < 1.29 is 20.1 Å². The van der Waals surface area contributed by atoms with E-state index in [9.17, 15) is 20.1 Å². The van der Waals surface area contributed by atoms with Gasteiger partial charge in [0.05, 0.1) is 17.6 Å². The predicted molar refractivity (Wildman–Crippen MR) is 90.2 cm³/mol. The van der Waals surface area contributed by atoms with Gasteiger partial charge in [0.15, 0.2) is 0 Å². The normalized spacial score (nSPS) is 56.5. The average Bonchev–Trinajstić information content (AvgIpc) is 2.68. The summed E-state index contributed by atoms with van der Waals surface area (Å²) in [5.41, 5.74) is -0.331. The lowest BCUT2D eigenvalue weighted by molar-refractivity contribution is -0.212. The maximum Gasteiger partial charge on any atom is 0.309 e. The summed E-state index contributed by atoms with van der Waals surface area (Å²) in [7, 11) is 0. The Morgan fingerprint density at radius 2 is 1.92 bits per heavy atom. The molecule has 8 atom stereocenters. The average molecular weight is 334 g/mol. The Morgan fingerprint density at radius 1 is 1.21 bits per heavy atom. The maximum absolute atomic E-state index is 12.1. The van der Waals surface area contributed by atoms with E-state index in [-0.39, 0.29) is 28.6 Å². The van der Waals surface area contributed by atoms with Gasteiger partial charge >= 0.3 is 5.97 Å². The molecule has 1 spiro atoms. The van der Waals surface area contributed by atoms with Crippen LogP contribution < -0.4 is 0 Å². The van der Waals surface area contributed by atoms with Crippen molar-refractivity contribution in [1.82, 2.24) is 0 Å². The highest BCUT2D eigenvalue weighted by Gasteiger charge is 2.69. The lowest BCUT2D eigenvalue weighted by Gasteiger charge is -2.64. The summed E-state index contributed by atoms with van der Waals surface area (Å²) in [4.78, 5) is 12.1. The van der Waals surface area contributed by atoms with Crippen LogP contribution in [0.2, 0.25) is 0 Å². The second kappa shape index (κ2) is 4.85. The molecule has 0 aromatic rings. The zero-order chi connectivity index (χ0) is 17.5. The molecular weight excluding hydrogens is 304 g/mol. The minimum atomic E-state index is -0.717. The van der Waals surface area contributed by atoms with Crippen LogP contribution in [0.3, 0.4) is 0 Å². The number of carboxylic acid groups (broad SMARTS) is 1. The van der Waals surface area contributed by atoms with E-state index in [1.807, 2.05) is 6.92 Å². The number of hydrogen-bond donors (Lipinski definition) is 3. The molecule has 24 heavy (non-hydrogen) atoms. The molecule has 4 nitrogen and oxygen atoms in total. The Kier molecular flexibility index (Phi) is 3.35. The Hall–Kier alpha value is -0.870. The zero-order valence-corrected chi connectivity index (χ0v) is 14.8. The minimum Gasteiger partial charge on any atom is -0.481 e. The van der Waals surface area contributed by atoms with Crippen molar-refractivity contribution in [2.75, 3.05) is 0 Å². The van der Waals surface area contributed by atoms with Gasteiger partial charge in [-0.25, -0.2) is 0 Å². The molecule has 2 bridgehead atoms. The molecule has 0 heterocycles. The van der Waals surface area contributed by atoms with Crippen molar-refractivity contribution in [1.29, 1.82) is 0 Å². The van der Waals surface area contributed by atoms with Crippen LogP contribution in [0.25, 0.3) is 0 Å². The van der Waals surface area contributed by atoms with Crippen LogP contribution in [0.15, 0.2) is 12.2 Å². The van der Waals surface area contributed by atoms with Gasteiger partial charge in [-0.2, -0.15) is 0 Å². The molecule has 0 aromatic heterocycles. The zero-order valence-electron chi connectivity index (χ0n) is 14.8. The molecule has 0 aliphatic heterocycles. The third kappa shape index (κ3) is 1.74. The number of aliphatic carboxylic acids is 1. The summed E-state index contributed by atoms with van der Waals surface area (Å²) in [5.74, 6) is -0.429. The third-order valence-electron chi connectivity index (χ3n) is 8.65. The number of aliphatic hydroxyl groups excluding tert-OH is 2. The predicted octanol–water partition coefficient (Wildman–Crippen LogP) is 2.98. The first-order valence-corrected chi connectivity index (χ1v) is 9.45. The van der Waals surface area contributed by atoms with E-state index in [4.69, 9.17) is 0 Å². The molecule has 4 heteroatoms. The van der Waals surface area contributed by atoms with E-state index in [0.29, 0.717) is 6.42 Å². The van der Waals surface area contributed by atoms with Gasteiger partial charge in [-0.1, -0.05) is 19.9 Å². The number of carbonyl (C=O) groups is 1. The van der Waals surface area contributed by atoms with Crippen molar-refractivity contribution >= 4 is 5.97 Å². The molecular formula is C20H30O4. The molecule has 0 radical (unpaired) electrons. The molecule has 4 rings (SSSR count). The van der Waals surface area contributed by atoms with Gasteiger partial charge in [0, 0.05) is 5.41 Å². The van der Waals surface area contributed by atoms with Gasteiger partial charge in [-0.05, 0) is 74.2 Å². The number of carboxylic acids is 1. The molecule has 2 unspecified atom stereocenters. The summed E-state index contributed by atoms with van der Waals surface area (Å²) in [6.07, 6.45) is 4.80. The smallest absolute Gasteiger partial charge is 0.309 e. The fraction of sp³-hybridized carbons (Fsp3) is 0.850. The minimum absolute atomic E-state index is 0.0202. The summed E-state index contributed by atoms with van der Waals surface area (Å²) < 4.78 is 0. The highest BCUT2D eigenvalue weighted by molar-refractivity contribution is 5.75. The summed E-state index contributed by atoms with van der Waals surface area (Å²) in [5, 5.41) is 31.9. The SMILES string of the molecule is C=C1C2C[C@H](O)[C@@H]3[C@@](CC[C@H]4[C@@]3(C)CCC[C@@]4(C)C(=O)O)(C2)C1O. The highest BCUT2D eigenvalue weighted by atomic mass is 16.4. The fourth-order valence-corrected chi connectivity index (χ4v) is 7.73. The highest BCUT2D eigenvalue weighted by Crippen LogP contribution is 2.72. The molecule has 4 saturated carbocycles. The van der Waals surface area contributed by atoms with E-state index in [1.165, 1.54) is 0 Å². The molecule has 4 aliphatic carbocycles. The third-order valence-corrected chi connectivity index (χ3v) is 8.65. The van der Waals surface area contributed by atoms with Crippen LogP contribution in [0.5, 0.6) is 0 Å². The number of rotatable bonds is 1. The summed E-state index contributed by atoms with van der Waals surface area (Å²) in [6.45, 7) is 8.22. The van der Waals surface area contributed by atoms with Crippen LogP contribution >= 0.6 is 0 Å². The molecule has 0 amide bonds. The van der Waals surface area contributed by atoms with E-state index in [1.54, 1.807) is 0 Å². The first kappa shape index (κ1) is 16.6. The van der Waals surface area contributed by atoms with Gasteiger partial charge in [0.1, 0.15) is 0 Å². The van der Waals surface area contributed by atoms with Crippen molar-refractivity contribution in [3.63, 3.8) is 0 Å². The summed E-state index contributed by atoms with van der Waals surface area (Å²) in [6, 6.07) is 0. The van der Waals surface area contributed by atoms with E-state index >= 15 is 0 Å². The Morgan fingerprint density at radius 3 is 2.58 bits per heavy atom. The second-order valence-corrected chi connectivity index (χ2v) is 9.57. The van der Waals surface area contributed by atoms with Crippen LogP contribution in [-0.4, -0.2) is 33.5 Å². The van der Waals surface area contributed by atoms with Gasteiger partial charge in [0.2, 0.25) is 0 Å². The van der Waals surface area contributed by atoms with Gasteiger partial charge < -0.3 is 15.3 Å². The lowest BCUT2D eigenvalue weighted by atomic mass is 9.40. The fourth-order valence-electron chi connectivity index (χ4n) is 7.73. The molecule has 0 aromatic carbocycles. The lowest BCUT2D eigenvalue weighted by Crippen LogP contribution is -2.63. The molecule has 134 valence electrons. The Bertz CT molecular complexity index is 600. The molecule has 4 fully saturated rings.